The normalized spacial score (nSPS) is 22.0. The fourth-order valence-electron chi connectivity index (χ4n) is 1.69. The summed E-state index contributed by atoms with van der Waals surface area (Å²) in [6.45, 7) is 1.38. The Morgan fingerprint density at radius 2 is 2.50 bits per heavy atom. The van der Waals surface area contributed by atoms with Crippen LogP contribution >= 0.6 is 0 Å². The van der Waals surface area contributed by atoms with Gasteiger partial charge in [-0.3, -0.25) is 9.48 Å². The molecule has 2 N–H and O–H groups in total. The maximum absolute atomic E-state index is 11.5. The summed E-state index contributed by atoms with van der Waals surface area (Å²) in [5, 5.41) is 4.05. The average molecular weight is 194 g/mol. The molecule has 1 aliphatic rings. The van der Waals surface area contributed by atoms with Crippen molar-refractivity contribution < 1.29 is 4.79 Å². The second-order valence-corrected chi connectivity index (χ2v) is 3.68. The summed E-state index contributed by atoms with van der Waals surface area (Å²) in [5.74, 6) is 0.0499. The Bertz CT molecular complexity index is 346. The van der Waals surface area contributed by atoms with Gasteiger partial charge < -0.3 is 10.6 Å². The van der Waals surface area contributed by atoms with E-state index in [0.29, 0.717) is 6.54 Å². The molecule has 76 valence electrons. The van der Waals surface area contributed by atoms with E-state index in [1.807, 2.05) is 13.2 Å². The number of carbonyl (C=O) groups excluding carboxylic acids is 1. The first-order valence-corrected chi connectivity index (χ1v) is 4.68. The molecule has 1 fully saturated rings. The second-order valence-electron chi connectivity index (χ2n) is 3.68. The van der Waals surface area contributed by atoms with Gasteiger partial charge in [-0.25, -0.2) is 0 Å². The third-order valence-corrected chi connectivity index (χ3v) is 2.47. The topological polar surface area (TPSA) is 64.2 Å². The van der Waals surface area contributed by atoms with Crippen molar-refractivity contribution in [2.24, 2.45) is 12.8 Å². The number of likely N-dealkylation sites (tertiary alicyclic amines) is 1. The monoisotopic (exact) mass is 194 g/mol. The highest BCUT2D eigenvalue weighted by Crippen LogP contribution is 2.12. The molecule has 2 rings (SSSR count). The first kappa shape index (κ1) is 9.21. The van der Waals surface area contributed by atoms with Gasteiger partial charge >= 0.3 is 0 Å². The van der Waals surface area contributed by atoms with Gasteiger partial charge in [0.1, 0.15) is 0 Å². The van der Waals surface area contributed by atoms with Gasteiger partial charge in [0, 0.05) is 31.9 Å². The average Bonchev–Trinajstić information content (AvgIpc) is 2.67. The zero-order valence-corrected chi connectivity index (χ0v) is 8.18. The summed E-state index contributed by atoms with van der Waals surface area (Å²) in [5.41, 5.74) is 6.67. The number of nitrogens with zero attached hydrogens (tertiary/aromatic N) is 3. The second kappa shape index (κ2) is 3.42. The molecular weight excluding hydrogens is 180 g/mol. The van der Waals surface area contributed by atoms with Gasteiger partial charge in [-0.15, -0.1) is 0 Å². The minimum absolute atomic E-state index is 0.0499. The molecule has 0 bridgehead atoms. The van der Waals surface area contributed by atoms with E-state index in [4.69, 9.17) is 5.73 Å². The van der Waals surface area contributed by atoms with Crippen molar-refractivity contribution in [3.8, 4) is 0 Å². The van der Waals surface area contributed by atoms with E-state index < -0.39 is 0 Å². The van der Waals surface area contributed by atoms with Crippen LogP contribution in [0.3, 0.4) is 0 Å². The third kappa shape index (κ3) is 1.63. The molecule has 1 unspecified atom stereocenters. The minimum Gasteiger partial charge on any atom is -0.337 e. The van der Waals surface area contributed by atoms with Gasteiger partial charge in [0.05, 0.1) is 12.2 Å². The van der Waals surface area contributed by atoms with Gasteiger partial charge in [-0.2, -0.15) is 5.10 Å². The summed E-state index contributed by atoms with van der Waals surface area (Å²) in [6, 6.07) is -0.299. The van der Waals surface area contributed by atoms with Crippen molar-refractivity contribution >= 4 is 5.91 Å². The Morgan fingerprint density at radius 1 is 1.71 bits per heavy atom. The van der Waals surface area contributed by atoms with Crippen molar-refractivity contribution in [2.45, 2.75) is 19.0 Å². The highest BCUT2D eigenvalue weighted by atomic mass is 16.2. The van der Waals surface area contributed by atoms with E-state index in [1.54, 1.807) is 15.8 Å². The van der Waals surface area contributed by atoms with Crippen LogP contribution in [-0.2, 0) is 18.4 Å². The lowest BCUT2D eigenvalue weighted by atomic mass is 10.3. The fourth-order valence-corrected chi connectivity index (χ4v) is 1.69. The number of amides is 1. The molecular formula is C9H14N4O. The SMILES string of the molecule is Cn1cc(CN2CCC(N)C2=O)cn1. The molecule has 0 aliphatic carbocycles. The fraction of sp³-hybridized carbons (Fsp3) is 0.556. The molecule has 0 spiro atoms. The maximum atomic E-state index is 11.5. The van der Waals surface area contributed by atoms with Crippen LogP contribution in [0.4, 0.5) is 0 Å². The summed E-state index contributed by atoms with van der Waals surface area (Å²) < 4.78 is 1.73. The smallest absolute Gasteiger partial charge is 0.239 e. The maximum Gasteiger partial charge on any atom is 0.239 e. The van der Waals surface area contributed by atoms with E-state index in [-0.39, 0.29) is 11.9 Å². The van der Waals surface area contributed by atoms with Crippen LogP contribution in [0.25, 0.3) is 0 Å². The predicted molar refractivity (Wildman–Crippen MR) is 51.2 cm³/mol. The molecule has 1 saturated heterocycles. The highest BCUT2D eigenvalue weighted by molar-refractivity contribution is 5.83. The molecule has 0 radical (unpaired) electrons. The molecule has 5 heteroatoms. The van der Waals surface area contributed by atoms with Crippen LogP contribution in [0, 0.1) is 0 Å². The van der Waals surface area contributed by atoms with Crippen LogP contribution < -0.4 is 5.73 Å². The largest absolute Gasteiger partial charge is 0.337 e. The lowest BCUT2D eigenvalue weighted by Crippen LogP contribution is -2.33. The van der Waals surface area contributed by atoms with Crippen molar-refractivity contribution in [2.75, 3.05) is 6.54 Å². The Labute approximate surface area is 82.5 Å². The minimum atomic E-state index is -0.299. The molecule has 5 nitrogen and oxygen atoms in total. The number of rotatable bonds is 2. The molecule has 1 aromatic heterocycles. The molecule has 1 aliphatic heterocycles. The van der Waals surface area contributed by atoms with E-state index >= 15 is 0 Å². The van der Waals surface area contributed by atoms with Gasteiger partial charge in [-0.05, 0) is 6.42 Å². The first-order chi connectivity index (χ1) is 6.66. The van der Waals surface area contributed by atoms with Crippen LogP contribution in [0.15, 0.2) is 12.4 Å². The zero-order chi connectivity index (χ0) is 10.1. The number of hydrogen-bond donors (Lipinski definition) is 1. The summed E-state index contributed by atoms with van der Waals surface area (Å²) in [4.78, 5) is 13.3. The lowest BCUT2D eigenvalue weighted by molar-refractivity contribution is -0.129. The first-order valence-electron chi connectivity index (χ1n) is 4.68. The molecule has 2 heterocycles. The van der Waals surface area contributed by atoms with Crippen molar-refractivity contribution in [3.05, 3.63) is 18.0 Å². The Morgan fingerprint density at radius 3 is 3.00 bits per heavy atom. The standard InChI is InChI=1S/C9H14N4O/c1-12-5-7(4-11-12)6-13-3-2-8(10)9(13)14/h4-5,8H,2-3,6,10H2,1H3. The third-order valence-electron chi connectivity index (χ3n) is 2.47. The number of aryl methyl sites for hydroxylation is 1. The Balaban J connectivity index is 2.02. The summed E-state index contributed by atoms with van der Waals surface area (Å²) in [6.07, 6.45) is 4.45. The van der Waals surface area contributed by atoms with Crippen molar-refractivity contribution in [1.29, 1.82) is 0 Å². The summed E-state index contributed by atoms with van der Waals surface area (Å²) >= 11 is 0. The number of carbonyl (C=O) groups is 1. The van der Waals surface area contributed by atoms with Gasteiger partial charge in [0.25, 0.3) is 0 Å². The predicted octanol–water partition coefficient (Wildman–Crippen LogP) is -0.520. The quantitative estimate of drug-likeness (QED) is 0.689. The van der Waals surface area contributed by atoms with E-state index in [2.05, 4.69) is 5.10 Å². The molecule has 1 amide bonds. The van der Waals surface area contributed by atoms with Gasteiger partial charge in [0.2, 0.25) is 5.91 Å². The van der Waals surface area contributed by atoms with E-state index in [1.165, 1.54) is 0 Å². The van der Waals surface area contributed by atoms with Crippen LogP contribution in [0.5, 0.6) is 0 Å². The van der Waals surface area contributed by atoms with Crippen LogP contribution in [0.2, 0.25) is 0 Å². The highest BCUT2D eigenvalue weighted by Gasteiger charge is 2.28. The number of nitrogens with two attached hydrogens (primary N) is 1. The number of hydrogen-bond acceptors (Lipinski definition) is 3. The molecule has 1 aromatic rings. The zero-order valence-electron chi connectivity index (χ0n) is 8.18. The van der Waals surface area contributed by atoms with Crippen LogP contribution in [0.1, 0.15) is 12.0 Å². The lowest BCUT2D eigenvalue weighted by Gasteiger charge is -2.14. The van der Waals surface area contributed by atoms with Gasteiger partial charge in [0.15, 0.2) is 0 Å². The molecule has 0 saturated carbocycles. The Hall–Kier alpha value is -1.36. The summed E-state index contributed by atoms with van der Waals surface area (Å²) in [7, 11) is 1.86. The van der Waals surface area contributed by atoms with Gasteiger partial charge in [-0.1, -0.05) is 0 Å². The van der Waals surface area contributed by atoms with E-state index in [9.17, 15) is 4.79 Å². The van der Waals surface area contributed by atoms with E-state index in [0.717, 1.165) is 18.5 Å². The van der Waals surface area contributed by atoms with Crippen LogP contribution in [-0.4, -0.2) is 33.2 Å². The molecule has 0 aromatic carbocycles. The Kier molecular flexibility index (Phi) is 2.25. The number of aromatic nitrogens is 2. The molecule has 14 heavy (non-hydrogen) atoms. The molecule has 1 atom stereocenters. The van der Waals surface area contributed by atoms with Crippen molar-refractivity contribution in [1.82, 2.24) is 14.7 Å². The van der Waals surface area contributed by atoms with Crippen molar-refractivity contribution in [3.63, 3.8) is 0 Å².